The molecule has 0 heterocycles. The van der Waals surface area contributed by atoms with Crippen LogP contribution in [0.15, 0.2) is 86.0 Å². The van der Waals surface area contributed by atoms with Gasteiger partial charge >= 0.3 is 12.1 Å². The lowest BCUT2D eigenvalue weighted by Crippen LogP contribution is -2.49. The molecule has 0 bridgehead atoms. The second kappa shape index (κ2) is 16.9. The summed E-state index contributed by atoms with van der Waals surface area (Å²) in [4.78, 5) is 65.4. The lowest BCUT2D eigenvalue weighted by molar-refractivity contribution is -0.119. The molecule has 1 saturated carbocycles. The van der Waals surface area contributed by atoms with Crippen LogP contribution in [-0.4, -0.2) is 59.2 Å². The van der Waals surface area contributed by atoms with Crippen LogP contribution in [0, 0.1) is 5.92 Å². The number of hydrogen-bond acceptors (Lipinski definition) is 9. The van der Waals surface area contributed by atoms with E-state index < -0.39 is 46.5 Å². The molecule has 0 spiro atoms. The molecular formula is C42H50N4O9. The predicted octanol–water partition coefficient (Wildman–Crippen LogP) is 7.91. The van der Waals surface area contributed by atoms with Crippen molar-refractivity contribution >= 4 is 46.8 Å². The van der Waals surface area contributed by atoms with Crippen molar-refractivity contribution in [1.29, 1.82) is 0 Å². The Labute approximate surface area is 321 Å². The highest BCUT2D eigenvalue weighted by Crippen LogP contribution is 2.45. The van der Waals surface area contributed by atoms with Crippen LogP contribution in [0.2, 0.25) is 0 Å². The molecule has 4 N–H and O–H groups in total. The fraction of sp³-hybridized carbons (Fsp3) is 0.357. The topological polar surface area (TPSA) is 170 Å². The fourth-order valence-corrected chi connectivity index (χ4v) is 5.37. The number of benzene rings is 3. The third-order valence-corrected chi connectivity index (χ3v) is 7.91. The average molecular weight is 755 g/mol. The van der Waals surface area contributed by atoms with Crippen LogP contribution in [0.25, 0.3) is 0 Å². The standard InChI is InChI=1S/C42H50N4O9/c1-11-23-52-33-31(36(48)43-29-19-15-27(16-20-29)37(49)54-40(5,6)7)21-22-32(34(33)53-25(3)4)45-35(47)26-13-17-30(18-14-26)44-38(50)42(24-28(42)12-2)46-39(51)55-41(8,9)10/h11-22,25,28H,1-2,23-24H2,3-10H3,(H,43,48)(H,44,50)(H,45,47)(H,46,51)/t28-,42-/m0/s1. The predicted molar refractivity (Wildman–Crippen MR) is 211 cm³/mol. The second-order valence-corrected chi connectivity index (χ2v) is 15.2. The Bertz CT molecular complexity index is 1940. The van der Waals surface area contributed by atoms with E-state index in [2.05, 4.69) is 34.4 Å². The maximum absolute atomic E-state index is 13.6. The number of anilines is 3. The van der Waals surface area contributed by atoms with E-state index in [1.165, 1.54) is 30.3 Å². The molecule has 3 aromatic carbocycles. The summed E-state index contributed by atoms with van der Waals surface area (Å²) in [5.41, 5.74) is -0.817. The third kappa shape index (κ3) is 11.2. The number of ether oxygens (including phenoxy) is 4. The fourth-order valence-electron chi connectivity index (χ4n) is 5.37. The summed E-state index contributed by atoms with van der Waals surface area (Å²) in [7, 11) is 0. The minimum atomic E-state index is -1.20. The summed E-state index contributed by atoms with van der Waals surface area (Å²) in [6, 6.07) is 15.5. The normalized spacial score (nSPS) is 16.2. The Morgan fingerprint density at radius 1 is 0.764 bits per heavy atom. The van der Waals surface area contributed by atoms with Gasteiger partial charge in [0.1, 0.15) is 23.3 Å². The molecule has 13 nitrogen and oxygen atoms in total. The molecule has 0 radical (unpaired) electrons. The number of hydrogen-bond donors (Lipinski definition) is 4. The van der Waals surface area contributed by atoms with Gasteiger partial charge in [-0.3, -0.25) is 14.4 Å². The van der Waals surface area contributed by atoms with E-state index in [1.807, 2.05) is 0 Å². The molecule has 13 heteroatoms. The van der Waals surface area contributed by atoms with E-state index in [0.717, 1.165) is 0 Å². The van der Waals surface area contributed by atoms with E-state index in [9.17, 15) is 24.0 Å². The van der Waals surface area contributed by atoms with Gasteiger partial charge in [-0.05, 0) is 122 Å². The quantitative estimate of drug-likeness (QED) is 0.0944. The molecule has 1 fully saturated rings. The van der Waals surface area contributed by atoms with Gasteiger partial charge in [-0.25, -0.2) is 9.59 Å². The molecule has 292 valence electrons. The Kier molecular flexibility index (Phi) is 12.8. The van der Waals surface area contributed by atoms with Gasteiger partial charge in [0.15, 0.2) is 11.5 Å². The number of rotatable bonds is 14. The lowest BCUT2D eigenvalue weighted by Gasteiger charge is -2.23. The molecular weight excluding hydrogens is 704 g/mol. The minimum absolute atomic E-state index is 0.0338. The highest BCUT2D eigenvalue weighted by molar-refractivity contribution is 6.10. The molecule has 0 aliphatic heterocycles. The first-order valence-corrected chi connectivity index (χ1v) is 17.8. The van der Waals surface area contributed by atoms with Gasteiger partial charge in [0.05, 0.1) is 22.9 Å². The van der Waals surface area contributed by atoms with Crippen LogP contribution in [0.1, 0.15) is 92.9 Å². The first-order valence-electron chi connectivity index (χ1n) is 17.8. The zero-order valence-corrected chi connectivity index (χ0v) is 32.6. The molecule has 0 aromatic heterocycles. The van der Waals surface area contributed by atoms with Crippen molar-refractivity contribution in [3.63, 3.8) is 0 Å². The van der Waals surface area contributed by atoms with Gasteiger partial charge in [-0.15, -0.1) is 6.58 Å². The monoisotopic (exact) mass is 754 g/mol. The van der Waals surface area contributed by atoms with Crippen molar-refractivity contribution < 1.29 is 42.9 Å². The van der Waals surface area contributed by atoms with Gasteiger partial charge in [-0.1, -0.05) is 18.7 Å². The molecule has 55 heavy (non-hydrogen) atoms. The molecule has 4 amide bonds. The number of nitrogens with one attached hydrogen (secondary N) is 4. The maximum atomic E-state index is 13.6. The summed E-state index contributed by atoms with van der Waals surface area (Å²) >= 11 is 0. The van der Waals surface area contributed by atoms with Crippen LogP contribution in [0.3, 0.4) is 0 Å². The SMILES string of the molecule is C=CCOc1c(C(=O)Nc2ccc(C(=O)OC(C)(C)C)cc2)ccc(NC(=O)c2ccc(NC(=O)[C@]3(NC(=O)OC(C)(C)C)C[C@@H]3C=C)cc2)c1OC(C)C. The number of esters is 1. The Morgan fingerprint density at radius 2 is 1.35 bits per heavy atom. The smallest absolute Gasteiger partial charge is 0.408 e. The van der Waals surface area contributed by atoms with Crippen LogP contribution < -0.4 is 30.7 Å². The zero-order chi connectivity index (χ0) is 40.7. The van der Waals surface area contributed by atoms with Gasteiger partial charge in [0.2, 0.25) is 0 Å². The molecule has 4 rings (SSSR count). The summed E-state index contributed by atoms with van der Waals surface area (Å²) < 4.78 is 22.8. The van der Waals surface area contributed by atoms with Crippen molar-refractivity contribution in [3.05, 3.63) is 103 Å². The molecule has 1 aliphatic rings. The van der Waals surface area contributed by atoms with Crippen molar-refractivity contribution in [2.45, 2.75) is 84.7 Å². The number of carbonyl (C=O) groups is 5. The first kappa shape index (κ1) is 41.6. The van der Waals surface area contributed by atoms with Crippen LogP contribution in [0.4, 0.5) is 21.9 Å². The van der Waals surface area contributed by atoms with Crippen molar-refractivity contribution in [1.82, 2.24) is 5.32 Å². The maximum Gasteiger partial charge on any atom is 0.408 e. The molecule has 0 saturated heterocycles. The molecule has 0 unspecified atom stereocenters. The van der Waals surface area contributed by atoms with Crippen LogP contribution in [0.5, 0.6) is 11.5 Å². The van der Waals surface area contributed by atoms with Gasteiger partial charge in [-0.2, -0.15) is 0 Å². The van der Waals surface area contributed by atoms with E-state index >= 15 is 0 Å². The lowest BCUT2D eigenvalue weighted by atomic mass is 10.1. The third-order valence-electron chi connectivity index (χ3n) is 7.91. The number of amides is 4. The highest BCUT2D eigenvalue weighted by Gasteiger charge is 2.60. The van der Waals surface area contributed by atoms with Gasteiger partial charge in [0.25, 0.3) is 17.7 Å². The number of alkyl carbamates (subject to hydrolysis) is 1. The minimum Gasteiger partial charge on any atom is -0.485 e. The highest BCUT2D eigenvalue weighted by atomic mass is 16.6. The molecule has 1 aliphatic carbocycles. The van der Waals surface area contributed by atoms with Gasteiger partial charge < -0.3 is 40.2 Å². The summed E-state index contributed by atoms with van der Waals surface area (Å²) in [5.74, 6) is -2.01. The van der Waals surface area contributed by atoms with E-state index in [0.29, 0.717) is 23.4 Å². The summed E-state index contributed by atoms with van der Waals surface area (Å²) in [6.07, 6.45) is 2.41. The van der Waals surface area contributed by atoms with Crippen molar-refractivity contribution in [3.8, 4) is 11.5 Å². The molecule has 3 aromatic rings. The second-order valence-electron chi connectivity index (χ2n) is 15.2. The van der Waals surface area contributed by atoms with E-state index in [4.69, 9.17) is 18.9 Å². The number of carbonyl (C=O) groups excluding carboxylic acids is 5. The first-order chi connectivity index (χ1) is 25.7. The Hall–Kier alpha value is -6.11. The summed E-state index contributed by atoms with van der Waals surface area (Å²) in [6.45, 7) is 21.6. The van der Waals surface area contributed by atoms with E-state index in [-0.39, 0.29) is 46.9 Å². The van der Waals surface area contributed by atoms with Crippen molar-refractivity contribution in [2.24, 2.45) is 5.92 Å². The summed E-state index contributed by atoms with van der Waals surface area (Å²) in [5, 5.41) is 11.2. The van der Waals surface area contributed by atoms with Crippen LogP contribution >= 0.6 is 0 Å². The Balaban J connectivity index is 1.52. The molecule has 2 atom stereocenters. The van der Waals surface area contributed by atoms with Gasteiger partial charge in [0, 0.05) is 22.9 Å². The largest absolute Gasteiger partial charge is 0.485 e. The zero-order valence-electron chi connectivity index (χ0n) is 32.6. The Morgan fingerprint density at radius 3 is 1.87 bits per heavy atom. The average Bonchev–Trinajstić information content (AvgIpc) is 3.80. The van der Waals surface area contributed by atoms with Crippen molar-refractivity contribution in [2.75, 3.05) is 22.6 Å². The van der Waals surface area contributed by atoms with Crippen LogP contribution in [-0.2, 0) is 14.3 Å². The van der Waals surface area contributed by atoms with E-state index in [1.54, 1.807) is 97.9 Å².